The molecule has 0 spiro atoms. The Morgan fingerprint density at radius 1 is 0.575 bits per heavy atom. The lowest BCUT2D eigenvalue weighted by molar-refractivity contribution is -0.140. The van der Waals surface area contributed by atoms with E-state index in [1.807, 2.05) is 4.90 Å². The van der Waals surface area contributed by atoms with Gasteiger partial charge < -0.3 is 26.0 Å². The van der Waals surface area contributed by atoms with Gasteiger partial charge in [-0.25, -0.2) is 0 Å². The Balaban J connectivity index is 2.68. The summed E-state index contributed by atoms with van der Waals surface area (Å²) in [6, 6.07) is 0. The van der Waals surface area contributed by atoms with Crippen molar-refractivity contribution in [2.45, 2.75) is 39.5 Å². The van der Waals surface area contributed by atoms with Gasteiger partial charge in [-0.2, -0.15) is 0 Å². The van der Waals surface area contributed by atoms with Crippen molar-refractivity contribution in [1.29, 1.82) is 0 Å². The zero-order chi connectivity index (χ0) is 29.9. The first kappa shape index (κ1) is 35.2. The molecular formula is C26H48N6O8. The van der Waals surface area contributed by atoms with Crippen LogP contribution in [0.1, 0.15) is 39.5 Å². The summed E-state index contributed by atoms with van der Waals surface area (Å²) in [5, 5.41) is 33.5. The molecule has 0 aromatic rings. The standard InChI is InChI=1S/C26H48N6O8/c1-21(2)5-3-4-7-27-22(33)6-8-28-23(34)17-29-9-11-30(18-24(35)36)13-15-32(20-26(39)40)16-14-31(12-10-29)19-25(37)38/h21H,3-20H2,1-2H3,(H,27,33)(H,28,34)(H,35,36)(H,37,38)(H,39,40). The summed E-state index contributed by atoms with van der Waals surface area (Å²) in [5.74, 6) is -2.80. The van der Waals surface area contributed by atoms with Gasteiger partial charge in [0.05, 0.1) is 26.2 Å². The molecule has 14 nitrogen and oxygen atoms in total. The monoisotopic (exact) mass is 572 g/mol. The number of carbonyl (C=O) groups excluding carboxylic acids is 2. The quantitative estimate of drug-likeness (QED) is 0.141. The van der Waals surface area contributed by atoms with Crippen LogP contribution in [0, 0.1) is 5.92 Å². The van der Waals surface area contributed by atoms with Gasteiger partial charge in [-0.15, -0.1) is 0 Å². The molecule has 0 unspecified atom stereocenters. The smallest absolute Gasteiger partial charge is 0.317 e. The molecule has 5 N–H and O–H groups in total. The van der Waals surface area contributed by atoms with Crippen LogP contribution in [0.5, 0.6) is 0 Å². The number of rotatable bonds is 16. The van der Waals surface area contributed by atoms with E-state index < -0.39 is 17.9 Å². The molecule has 0 atom stereocenters. The van der Waals surface area contributed by atoms with E-state index in [2.05, 4.69) is 24.5 Å². The van der Waals surface area contributed by atoms with Gasteiger partial charge in [0.1, 0.15) is 0 Å². The van der Waals surface area contributed by atoms with Crippen molar-refractivity contribution >= 4 is 29.7 Å². The van der Waals surface area contributed by atoms with Crippen LogP contribution >= 0.6 is 0 Å². The lowest BCUT2D eigenvalue weighted by Crippen LogP contribution is -2.50. The molecule has 0 radical (unpaired) electrons. The van der Waals surface area contributed by atoms with Crippen LogP contribution in [0.2, 0.25) is 0 Å². The van der Waals surface area contributed by atoms with Crippen LogP contribution in [0.15, 0.2) is 0 Å². The molecule has 2 amide bonds. The fourth-order valence-electron chi connectivity index (χ4n) is 4.35. The predicted octanol–water partition coefficient (Wildman–Crippen LogP) is -1.09. The van der Waals surface area contributed by atoms with E-state index in [1.165, 1.54) is 0 Å². The van der Waals surface area contributed by atoms with E-state index in [9.17, 15) is 39.3 Å². The topological polar surface area (TPSA) is 183 Å². The molecule has 1 heterocycles. The average molecular weight is 573 g/mol. The fourth-order valence-corrected chi connectivity index (χ4v) is 4.35. The Labute approximate surface area is 236 Å². The van der Waals surface area contributed by atoms with E-state index in [4.69, 9.17) is 0 Å². The molecule has 1 rings (SSSR count). The van der Waals surface area contributed by atoms with Gasteiger partial charge in [-0.1, -0.05) is 26.7 Å². The number of aliphatic carboxylic acids is 3. The lowest BCUT2D eigenvalue weighted by Gasteiger charge is -2.32. The minimum atomic E-state index is -1.02. The zero-order valence-corrected chi connectivity index (χ0v) is 24.0. The van der Waals surface area contributed by atoms with Gasteiger partial charge >= 0.3 is 17.9 Å². The third-order valence-corrected chi connectivity index (χ3v) is 6.58. The van der Waals surface area contributed by atoms with Crippen molar-refractivity contribution in [1.82, 2.24) is 30.2 Å². The van der Waals surface area contributed by atoms with E-state index >= 15 is 0 Å². The minimum Gasteiger partial charge on any atom is -0.480 e. The molecule has 1 fully saturated rings. The van der Waals surface area contributed by atoms with Crippen molar-refractivity contribution in [3.8, 4) is 0 Å². The molecule has 0 aromatic heterocycles. The van der Waals surface area contributed by atoms with Gasteiger partial charge in [-0.05, 0) is 12.3 Å². The van der Waals surface area contributed by atoms with E-state index in [0.717, 1.165) is 19.3 Å². The molecule has 0 aromatic carbocycles. The second-order valence-corrected chi connectivity index (χ2v) is 10.6. The molecular weight excluding hydrogens is 524 g/mol. The van der Waals surface area contributed by atoms with E-state index in [0.29, 0.717) is 64.8 Å². The first-order chi connectivity index (χ1) is 18.9. The molecule has 0 aliphatic carbocycles. The highest BCUT2D eigenvalue weighted by molar-refractivity contribution is 5.80. The summed E-state index contributed by atoms with van der Waals surface area (Å²) in [5.41, 5.74) is 0. The number of carboxylic acids is 3. The Kier molecular flexibility index (Phi) is 17.7. The number of amides is 2. The number of hydrogen-bond donors (Lipinski definition) is 5. The number of carbonyl (C=O) groups is 5. The molecule has 1 saturated heterocycles. The van der Waals surface area contributed by atoms with Crippen molar-refractivity contribution in [3.63, 3.8) is 0 Å². The molecule has 14 heteroatoms. The number of nitrogens with one attached hydrogen (secondary N) is 2. The second-order valence-electron chi connectivity index (χ2n) is 10.6. The third kappa shape index (κ3) is 18.5. The zero-order valence-electron chi connectivity index (χ0n) is 24.0. The maximum Gasteiger partial charge on any atom is 0.317 e. The number of nitrogens with zero attached hydrogens (tertiary/aromatic N) is 4. The maximum atomic E-state index is 12.6. The normalized spacial score (nSPS) is 17.1. The molecule has 0 bridgehead atoms. The summed E-state index contributed by atoms with van der Waals surface area (Å²) in [7, 11) is 0. The van der Waals surface area contributed by atoms with Crippen LogP contribution in [0.3, 0.4) is 0 Å². The van der Waals surface area contributed by atoms with Crippen molar-refractivity contribution in [2.24, 2.45) is 5.92 Å². The third-order valence-electron chi connectivity index (χ3n) is 6.58. The first-order valence-corrected chi connectivity index (χ1v) is 14.0. The Bertz CT molecular complexity index is 780. The number of hydrogen-bond acceptors (Lipinski definition) is 9. The summed E-state index contributed by atoms with van der Waals surface area (Å²) >= 11 is 0. The lowest BCUT2D eigenvalue weighted by atomic mass is 10.1. The summed E-state index contributed by atoms with van der Waals surface area (Å²) in [4.78, 5) is 65.6. The van der Waals surface area contributed by atoms with Crippen molar-refractivity contribution < 1.29 is 39.3 Å². The van der Waals surface area contributed by atoms with Gasteiger partial charge in [0.25, 0.3) is 0 Å². The van der Waals surface area contributed by atoms with Crippen LogP contribution in [-0.4, -0.2) is 156 Å². The summed E-state index contributed by atoms with van der Waals surface area (Å²) in [6.07, 6.45) is 3.26. The van der Waals surface area contributed by atoms with Crippen LogP contribution < -0.4 is 10.6 Å². The van der Waals surface area contributed by atoms with Crippen LogP contribution in [0.4, 0.5) is 0 Å². The summed E-state index contributed by atoms with van der Waals surface area (Å²) < 4.78 is 0. The SMILES string of the molecule is CC(C)CCCCNC(=O)CCNC(=O)CN1CCN(CC(=O)O)CCN(CC(=O)O)CCN(CC(=O)O)CC1. The van der Waals surface area contributed by atoms with Crippen LogP contribution in [0.25, 0.3) is 0 Å². The minimum absolute atomic E-state index is 0.0176. The number of carboxylic acid groups (broad SMARTS) is 3. The Morgan fingerprint density at radius 2 is 0.950 bits per heavy atom. The van der Waals surface area contributed by atoms with Gasteiger partial charge in [-0.3, -0.25) is 43.6 Å². The van der Waals surface area contributed by atoms with E-state index in [1.54, 1.807) is 14.7 Å². The molecule has 1 aliphatic rings. The second kappa shape index (κ2) is 20.1. The molecule has 1 aliphatic heterocycles. The largest absolute Gasteiger partial charge is 0.480 e. The predicted molar refractivity (Wildman–Crippen MR) is 148 cm³/mol. The maximum absolute atomic E-state index is 12.6. The van der Waals surface area contributed by atoms with Crippen molar-refractivity contribution in [2.75, 3.05) is 91.6 Å². The average Bonchev–Trinajstić information content (AvgIpc) is 2.84. The van der Waals surface area contributed by atoms with E-state index in [-0.39, 0.29) is 51.0 Å². The Morgan fingerprint density at radius 3 is 1.32 bits per heavy atom. The molecule has 230 valence electrons. The number of unbranched alkanes of at least 4 members (excludes halogenated alkanes) is 1. The fraction of sp³-hybridized carbons (Fsp3) is 0.808. The summed E-state index contributed by atoms with van der Waals surface area (Å²) in [6.45, 7) is 7.09. The van der Waals surface area contributed by atoms with Gasteiger partial charge in [0.2, 0.25) is 11.8 Å². The van der Waals surface area contributed by atoms with Gasteiger partial charge in [0.15, 0.2) is 0 Å². The van der Waals surface area contributed by atoms with Crippen LogP contribution in [-0.2, 0) is 24.0 Å². The highest BCUT2D eigenvalue weighted by atomic mass is 16.4. The van der Waals surface area contributed by atoms with Gasteiger partial charge in [0, 0.05) is 71.9 Å². The Hall–Kier alpha value is -2.81. The highest BCUT2D eigenvalue weighted by Crippen LogP contribution is 2.05. The molecule has 0 saturated carbocycles. The highest BCUT2D eigenvalue weighted by Gasteiger charge is 2.21. The molecule has 40 heavy (non-hydrogen) atoms. The van der Waals surface area contributed by atoms with Crippen molar-refractivity contribution in [3.05, 3.63) is 0 Å². The first-order valence-electron chi connectivity index (χ1n) is 14.0.